The van der Waals surface area contributed by atoms with Gasteiger partial charge in [0.2, 0.25) is 5.16 Å². The van der Waals surface area contributed by atoms with E-state index in [1.54, 1.807) is 16.4 Å². The van der Waals surface area contributed by atoms with E-state index in [0.29, 0.717) is 0 Å². The van der Waals surface area contributed by atoms with Gasteiger partial charge in [-0.3, -0.25) is 0 Å². The van der Waals surface area contributed by atoms with Crippen LogP contribution in [-0.2, 0) is 6.54 Å². The molecule has 0 fully saturated rings. The molecule has 0 aliphatic rings. The van der Waals surface area contributed by atoms with Gasteiger partial charge in [-0.2, -0.15) is 4.68 Å². The third-order valence-corrected chi connectivity index (χ3v) is 4.67. The van der Waals surface area contributed by atoms with Crippen LogP contribution in [-0.4, -0.2) is 32.5 Å². The molecule has 8 heteroatoms. The van der Waals surface area contributed by atoms with Crippen LogP contribution >= 0.6 is 23.4 Å². The van der Waals surface area contributed by atoms with Crippen molar-refractivity contribution in [1.82, 2.24) is 25.5 Å². The van der Waals surface area contributed by atoms with Crippen molar-refractivity contribution in [1.29, 1.82) is 0 Å². The van der Waals surface area contributed by atoms with Crippen molar-refractivity contribution in [3.8, 4) is 5.69 Å². The monoisotopic (exact) mass is 394 g/mol. The van der Waals surface area contributed by atoms with E-state index in [1.165, 1.54) is 5.56 Å². The zero-order valence-corrected chi connectivity index (χ0v) is 15.8. The molecule has 0 radical (unpaired) electrons. The maximum atomic E-state index is 5.88. The Labute approximate surface area is 162 Å². The number of para-hydroxylation sites is 1. The molecule has 3 rings (SSSR count). The van der Waals surface area contributed by atoms with Crippen molar-refractivity contribution >= 4 is 23.4 Å². The minimum Gasteiger partial charge on any atom is -1.00 e. The van der Waals surface area contributed by atoms with Gasteiger partial charge in [0.05, 0.1) is 5.69 Å². The normalized spacial score (nSPS) is 10.4. The highest BCUT2D eigenvalue weighted by atomic mass is 35.5. The van der Waals surface area contributed by atoms with Crippen LogP contribution in [0, 0.1) is 0 Å². The largest absolute Gasteiger partial charge is 1.00 e. The molecule has 0 saturated carbocycles. The fourth-order valence-electron chi connectivity index (χ4n) is 2.20. The Morgan fingerprint density at radius 2 is 1.80 bits per heavy atom. The Morgan fingerprint density at radius 3 is 2.56 bits per heavy atom. The topological polar surface area (TPSA) is 55.6 Å². The maximum absolute atomic E-state index is 5.88. The molecule has 5 nitrogen and oxygen atoms in total. The highest BCUT2D eigenvalue weighted by Crippen LogP contribution is 2.18. The molecule has 2 aromatic carbocycles. The summed E-state index contributed by atoms with van der Waals surface area (Å²) in [5.41, 5.74) is 2.21. The lowest BCUT2D eigenvalue weighted by Crippen LogP contribution is -3.00. The molecule has 1 heterocycles. The number of nitrogens with zero attached hydrogens (tertiary/aromatic N) is 4. The Hall–Kier alpha value is -1.60. The third-order valence-electron chi connectivity index (χ3n) is 3.41. The molecule has 0 spiro atoms. The number of hydrogen-bond donors (Lipinski definition) is 1. The SMILES string of the molecule is Clc1ccc(CNCCCSc2nnnn2-c2ccccc2)cc1.[Cl-]. The predicted molar refractivity (Wildman–Crippen MR) is 97.7 cm³/mol. The lowest BCUT2D eigenvalue weighted by molar-refractivity contribution is -0.00000487. The van der Waals surface area contributed by atoms with Crippen molar-refractivity contribution < 1.29 is 12.4 Å². The van der Waals surface area contributed by atoms with Crippen molar-refractivity contribution in [3.05, 3.63) is 65.2 Å². The van der Waals surface area contributed by atoms with Crippen molar-refractivity contribution in [2.75, 3.05) is 12.3 Å². The molecule has 0 unspecified atom stereocenters. The summed E-state index contributed by atoms with van der Waals surface area (Å²) < 4.78 is 1.77. The van der Waals surface area contributed by atoms with Crippen LogP contribution in [0.4, 0.5) is 0 Å². The number of benzene rings is 2. The van der Waals surface area contributed by atoms with Crippen LogP contribution < -0.4 is 17.7 Å². The van der Waals surface area contributed by atoms with Crippen LogP contribution in [0.1, 0.15) is 12.0 Å². The summed E-state index contributed by atoms with van der Waals surface area (Å²) in [6.45, 7) is 1.80. The molecule has 25 heavy (non-hydrogen) atoms. The zero-order chi connectivity index (χ0) is 16.6. The summed E-state index contributed by atoms with van der Waals surface area (Å²) in [5, 5.41) is 17.0. The molecule has 0 bridgehead atoms. The van der Waals surface area contributed by atoms with Crippen LogP contribution in [0.15, 0.2) is 59.8 Å². The Morgan fingerprint density at radius 1 is 1.04 bits per heavy atom. The van der Waals surface area contributed by atoms with Crippen molar-refractivity contribution in [2.24, 2.45) is 0 Å². The first-order valence-electron chi connectivity index (χ1n) is 7.75. The summed E-state index contributed by atoms with van der Waals surface area (Å²) >= 11 is 7.54. The summed E-state index contributed by atoms with van der Waals surface area (Å²) in [7, 11) is 0. The number of thioether (sulfide) groups is 1. The second-order valence-electron chi connectivity index (χ2n) is 5.21. The van der Waals surface area contributed by atoms with Crippen molar-refractivity contribution in [2.45, 2.75) is 18.1 Å². The summed E-state index contributed by atoms with van der Waals surface area (Å²) in [4.78, 5) is 0. The van der Waals surface area contributed by atoms with E-state index in [9.17, 15) is 0 Å². The number of halogens is 2. The van der Waals surface area contributed by atoms with Crippen LogP contribution in [0.3, 0.4) is 0 Å². The summed E-state index contributed by atoms with van der Waals surface area (Å²) in [5.74, 6) is 0.959. The van der Waals surface area contributed by atoms with E-state index >= 15 is 0 Å². The molecule has 0 aliphatic heterocycles. The van der Waals surface area contributed by atoms with Crippen molar-refractivity contribution in [3.63, 3.8) is 0 Å². The van der Waals surface area contributed by atoms with Gasteiger partial charge in [0, 0.05) is 17.3 Å². The molecule has 0 atom stereocenters. The third kappa shape index (κ3) is 6.01. The Bertz CT molecular complexity index is 749. The minimum absolute atomic E-state index is 0. The molecule has 132 valence electrons. The van der Waals surface area contributed by atoms with Gasteiger partial charge in [0.25, 0.3) is 0 Å². The van der Waals surface area contributed by atoms with Crippen LogP contribution in [0.25, 0.3) is 5.69 Å². The highest BCUT2D eigenvalue weighted by molar-refractivity contribution is 7.99. The molecule has 0 aliphatic carbocycles. The number of hydrogen-bond acceptors (Lipinski definition) is 5. The lowest BCUT2D eigenvalue weighted by atomic mass is 10.2. The van der Waals surface area contributed by atoms with Gasteiger partial charge < -0.3 is 17.7 Å². The highest BCUT2D eigenvalue weighted by Gasteiger charge is 2.07. The second kappa shape index (κ2) is 10.4. The molecule has 1 N–H and O–H groups in total. The number of rotatable bonds is 8. The first-order chi connectivity index (χ1) is 11.8. The number of aromatic nitrogens is 4. The van der Waals surface area contributed by atoms with E-state index in [-0.39, 0.29) is 12.4 Å². The van der Waals surface area contributed by atoms with Gasteiger partial charge in [-0.1, -0.05) is 53.7 Å². The van der Waals surface area contributed by atoms with Gasteiger partial charge in [0.15, 0.2) is 0 Å². The smallest absolute Gasteiger partial charge is 0.214 e. The number of nitrogens with one attached hydrogen (secondary N) is 1. The van der Waals surface area contributed by atoms with Crippen LogP contribution in [0.5, 0.6) is 0 Å². The van der Waals surface area contributed by atoms with E-state index in [0.717, 1.165) is 41.1 Å². The molecule has 1 aromatic heterocycles. The standard InChI is InChI=1S/C17H18ClN5S.ClH/c18-15-9-7-14(8-10-15)13-19-11-4-12-24-17-20-21-22-23(17)16-5-2-1-3-6-16;/h1-3,5-10,19H,4,11-13H2;1H/p-1. The van der Waals surface area contributed by atoms with E-state index < -0.39 is 0 Å². The average molecular weight is 395 g/mol. The zero-order valence-electron chi connectivity index (χ0n) is 13.5. The van der Waals surface area contributed by atoms with Gasteiger partial charge in [-0.05, 0) is 53.2 Å². The Balaban J connectivity index is 0.00000225. The summed E-state index contributed by atoms with van der Waals surface area (Å²) in [6.07, 6.45) is 1.04. The lowest BCUT2D eigenvalue weighted by Gasteiger charge is -2.06. The average Bonchev–Trinajstić information content (AvgIpc) is 3.09. The maximum Gasteiger partial charge on any atom is 0.214 e. The molecule has 3 aromatic rings. The first kappa shape index (κ1) is 19.7. The van der Waals surface area contributed by atoms with E-state index in [2.05, 4.69) is 20.8 Å². The minimum atomic E-state index is 0. The van der Waals surface area contributed by atoms with Gasteiger partial charge in [-0.25, -0.2) is 0 Å². The van der Waals surface area contributed by atoms with Crippen LogP contribution in [0.2, 0.25) is 5.02 Å². The molecular weight excluding hydrogens is 377 g/mol. The van der Waals surface area contributed by atoms with E-state index in [4.69, 9.17) is 11.6 Å². The first-order valence-corrected chi connectivity index (χ1v) is 9.11. The van der Waals surface area contributed by atoms with Gasteiger partial charge in [0.1, 0.15) is 0 Å². The fraction of sp³-hybridized carbons (Fsp3) is 0.235. The Kier molecular flexibility index (Phi) is 8.21. The molecular formula is C17H18Cl2N5S-. The molecule has 0 saturated heterocycles. The summed E-state index contributed by atoms with van der Waals surface area (Å²) in [6, 6.07) is 17.8. The molecule has 0 amide bonds. The van der Waals surface area contributed by atoms with E-state index in [1.807, 2.05) is 54.6 Å². The number of tetrazole rings is 1. The fourth-order valence-corrected chi connectivity index (χ4v) is 3.15. The second-order valence-corrected chi connectivity index (χ2v) is 6.71. The van der Waals surface area contributed by atoms with Gasteiger partial charge in [-0.15, -0.1) is 5.10 Å². The quantitative estimate of drug-likeness (QED) is 0.447. The van der Waals surface area contributed by atoms with Gasteiger partial charge >= 0.3 is 0 Å². The predicted octanol–water partition coefficient (Wildman–Crippen LogP) is 0.592.